The van der Waals surface area contributed by atoms with Crippen molar-refractivity contribution in [1.29, 1.82) is 0 Å². The van der Waals surface area contributed by atoms with Gasteiger partial charge in [0.15, 0.2) is 11.5 Å². The van der Waals surface area contributed by atoms with Gasteiger partial charge in [0.05, 0.1) is 0 Å². The Morgan fingerprint density at radius 3 is 2.19 bits per heavy atom. The highest BCUT2D eigenvalue weighted by Gasteiger charge is 2.27. The Morgan fingerprint density at radius 2 is 1.63 bits per heavy atom. The molecule has 0 spiro atoms. The lowest BCUT2D eigenvalue weighted by molar-refractivity contribution is -0.157. The predicted octanol–water partition coefficient (Wildman–Crippen LogP) is 2.49. The molecular formula is C20H23NO6. The van der Waals surface area contributed by atoms with Crippen LogP contribution >= 0.6 is 0 Å². The van der Waals surface area contributed by atoms with Gasteiger partial charge in [-0.25, -0.2) is 4.79 Å². The van der Waals surface area contributed by atoms with Crippen LogP contribution in [-0.2, 0) is 16.0 Å². The first-order chi connectivity index (χ1) is 12.5. The predicted molar refractivity (Wildman–Crippen MR) is 98.7 cm³/mol. The highest BCUT2D eigenvalue weighted by Crippen LogP contribution is 2.25. The fraction of sp³-hybridized carbons (Fsp3) is 0.300. The number of aromatic hydroxyl groups is 3. The summed E-state index contributed by atoms with van der Waals surface area (Å²) in [5, 5.41) is 30.9. The second-order valence-electron chi connectivity index (χ2n) is 7.13. The average molecular weight is 373 g/mol. The van der Waals surface area contributed by atoms with Crippen LogP contribution in [0.3, 0.4) is 0 Å². The number of amides is 1. The number of phenolic OH excluding ortho intramolecular Hbond substituents is 3. The maximum absolute atomic E-state index is 12.5. The molecule has 7 nitrogen and oxygen atoms in total. The van der Waals surface area contributed by atoms with Crippen molar-refractivity contribution in [2.24, 2.45) is 0 Å². The third-order valence-electron chi connectivity index (χ3n) is 3.61. The van der Waals surface area contributed by atoms with Gasteiger partial charge in [-0.2, -0.15) is 0 Å². The smallest absolute Gasteiger partial charge is 0.329 e. The number of carbonyl (C=O) groups excluding carboxylic acids is 2. The monoisotopic (exact) mass is 373 g/mol. The molecule has 0 aliphatic rings. The summed E-state index contributed by atoms with van der Waals surface area (Å²) in [4.78, 5) is 25.0. The maximum atomic E-state index is 12.5. The highest BCUT2D eigenvalue weighted by molar-refractivity contribution is 5.97. The van der Waals surface area contributed by atoms with Crippen LogP contribution in [0.4, 0.5) is 0 Å². The Kier molecular flexibility index (Phi) is 5.95. The van der Waals surface area contributed by atoms with Crippen molar-refractivity contribution in [3.8, 4) is 17.2 Å². The lowest BCUT2D eigenvalue weighted by Crippen LogP contribution is -2.45. The van der Waals surface area contributed by atoms with Crippen LogP contribution in [0.1, 0.15) is 36.7 Å². The summed E-state index contributed by atoms with van der Waals surface area (Å²) in [6.07, 6.45) is 0.158. The molecule has 0 aliphatic carbocycles. The number of carbonyl (C=O) groups is 2. The van der Waals surface area contributed by atoms with Crippen molar-refractivity contribution in [3.63, 3.8) is 0 Å². The standard InChI is InChI=1S/C20H23NO6/c1-20(2,3)27-19(26)15(10-12-4-7-14(22)8-5-12)21-18(25)13-6-9-16(23)17(24)11-13/h4-9,11,15,22-24H,10H2,1-3H3,(H,21,25)/t15-/m0/s1. The number of ether oxygens (including phenoxy) is 1. The van der Waals surface area contributed by atoms with E-state index in [4.69, 9.17) is 4.74 Å². The molecule has 2 aromatic carbocycles. The van der Waals surface area contributed by atoms with Crippen molar-refractivity contribution >= 4 is 11.9 Å². The number of nitrogens with one attached hydrogen (secondary N) is 1. The second kappa shape index (κ2) is 7.99. The van der Waals surface area contributed by atoms with Crippen LogP contribution in [0, 0.1) is 0 Å². The van der Waals surface area contributed by atoms with Gasteiger partial charge in [0.2, 0.25) is 0 Å². The van der Waals surface area contributed by atoms with Gasteiger partial charge in [0.1, 0.15) is 17.4 Å². The van der Waals surface area contributed by atoms with Crippen molar-refractivity contribution in [3.05, 3.63) is 53.6 Å². The Balaban J connectivity index is 2.22. The van der Waals surface area contributed by atoms with Crippen LogP contribution < -0.4 is 5.32 Å². The molecule has 1 atom stereocenters. The molecule has 7 heteroatoms. The first kappa shape index (κ1) is 20.1. The van der Waals surface area contributed by atoms with Gasteiger partial charge < -0.3 is 25.4 Å². The van der Waals surface area contributed by atoms with Crippen LogP contribution in [0.25, 0.3) is 0 Å². The van der Waals surface area contributed by atoms with E-state index in [0.717, 1.165) is 11.6 Å². The van der Waals surface area contributed by atoms with Gasteiger partial charge in [0, 0.05) is 12.0 Å². The van der Waals surface area contributed by atoms with Gasteiger partial charge in [-0.1, -0.05) is 12.1 Å². The molecule has 0 aromatic heterocycles. The number of rotatable bonds is 5. The number of hydrogen-bond acceptors (Lipinski definition) is 6. The normalized spacial score (nSPS) is 12.3. The minimum Gasteiger partial charge on any atom is -0.508 e. The van der Waals surface area contributed by atoms with E-state index in [-0.39, 0.29) is 23.5 Å². The highest BCUT2D eigenvalue weighted by atomic mass is 16.6. The summed E-state index contributed by atoms with van der Waals surface area (Å²) in [5.74, 6) is -1.89. The van der Waals surface area contributed by atoms with Gasteiger partial charge in [0.25, 0.3) is 5.91 Å². The van der Waals surface area contributed by atoms with Crippen molar-refractivity contribution in [1.82, 2.24) is 5.32 Å². The van der Waals surface area contributed by atoms with E-state index in [0.29, 0.717) is 0 Å². The Morgan fingerprint density at radius 1 is 1.00 bits per heavy atom. The van der Waals surface area contributed by atoms with Gasteiger partial charge in [-0.05, 0) is 56.7 Å². The molecule has 2 rings (SSSR count). The number of hydrogen-bond donors (Lipinski definition) is 4. The van der Waals surface area contributed by atoms with Crippen LogP contribution in [0.2, 0.25) is 0 Å². The lowest BCUT2D eigenvalue weighted by atomic mass is 10.0. The number of phenols is 3. The van der Waals surface area contributed by atoms with E-state index in [1.807, 2.05) is 0 Å². The summed E-state index contributed by atoms with van der Waals surface area (Å²) in [5.41, 5.74) is 0.0771. The topological polar surface area (TPSA) is 116 Å². The van der Waals surface area contributed by atoms with Gasteiger partial charge in [-0.3, -0.25) is 4.79 Å². The minimum absolute atomic E-state index is 0.0876. The van der Waals surface area contributed by atoms with E-state index in [1.165, 1.54) is 24.3 Å². The summed E-state index contributed by atoms with van der Waals surface area (Å²) < 4.78 is 5.38. The Bertz CT molecular complexity index is 823. The van der Waals surface area contributed by atoms with E-state index >= 15 is 0 Å². The molecule has 0 fully saturated rings. The van der Waals surface area contributed by atoms with Crippen molar-refractivity contribution in [2.45, 2.75) is 38.8 Å². The molecule has 0 aliphatic heterocycles. The van der Waals surface area contributed by atoms with E-state index < -0.39 is 29.3 Å². The number of benzene rings is 2. The Labute approximate surface area is 157 Å². The summed E-state index contributed by atoms with van der Waals surface area (Å²) in [6.45, 7) is 5.17. The van der Waals surface area contributed by atoms with Crippen LogP contribution in [-0.4, -0.2) is 38.8 Å². The summed E-state index contributed by atoms with van der Waals surface area (Å²) >= 11 is 0. The molecule has 2 aromatic rings. The first-order valence-electron chi connectivity index (χ1n) is 8.39. The lowest BCUT2D eigenvalue weighted by Gasteiger charge is -2.24. The molecule has 1 amide bonds. The fourth-order valence-corrected chi connectivity index (χ4v) is 2.34. The van der Waals surface area contributed by atoms with E-state index in [2.05, 4.69) is 5.32 Å². The van der Waals surface area contributed by atoms with E-state index in [9.17, 15) is 24.9 Å². The van der Waals surface area contributed by atoms with Gasteiger partial charge >= 0.3 is 5.97 Å². The molecule has 0 heterocycles. The summed E-state index contributed by atoms with van der Waals surface area (Å²) in [6, 6.07) is 8.91. The molecule has 4 N–H and O–H groups in total. The third-order valence-corrected chi connectivity index (χ3v) is 3.61. The molecule has 27 heavy (non-hydrogen) atoms. The minimum atomic E-state index is -0.975. The molecular weight excluding hydrogens is 350 g/mol. The zero-order valence-electron chi connectivity index (χ0n) is 15.4. The molecule has 144 valence electrons. The molecule has 0 saturated carbocycles. The third kappa shape index (κ3) is 5.91. The first-order valence-corrected chi connectivity index (χ1v) is 8.39. The zero-order valence-corrected chi connectivity index (χ0v) is 15.4. The molecule has 0 saturated heterocycles. The molecule has 0 bridgehead atoms. The SMILES string of the molecule is CC(C)(C)OC(=O)[C@H](Cc1ccc(O)cc1)NC(=O)c1ccc(O)c(O)c1. The molecule has 0 radical (unpaired) electrons. The quantitative estimate of drug-likeness (QED) is 0.473. The second-order valence-corrected chi connectivity index (χ2v) is 7.13. The Hall–Kier alpha value is -3.22. The zero-order chi connectivity index (χ0) is 20.2. The van der Waals surface area contributed by atoms with Crippen molar-refractivity contribution < 1.29 is 29.6 Å². The van der Waals surface area contributed by atoms with Crippen LogP contribution in [0.5, 0.6) is 17.2 Å². The van der Waals surface area contributed by atoms with Crippen molar-refractivity contribution in [2.75, 3.05) is 0 Å². The maximum Gasteiger partial charge on any atom is 0.329 e. The van der Waals surface area contributed by atoms with E-state index in [1.54, 1.807) is 32.9 Å². The fourth-order valence-electron chi connectivity index (χ4n) is 2.34. The van der Waals surface area contributed by atoms with Crippen LogP contribution in [0.15, 0.2) is 42.5 Å². The number of esters is 1. The largest absolute Gasteiger partial charge is 0.508 e. The van der Waals surface area contributed by atoms with Gasteiger partial charge in [-0.15, -0.1) is 0 Å². The molecule has 0 unspecified atom stereocenters. The summed E-state index contributed by atoms with van der Waals surface area (Å²) in [7, 11) is 0. The average Bonchev–Trinajstić information content (AvgIpc) is 2.57.